The third-order valence-electron chi connectivity index (χ3n) is 5.56. The highest BCUT2D eigenvalue weighted by molar-refractivity contribution is 6.03. The third kappa shape index (κ3) is 4.50. The summed E-state index contributed by atoms with van der Waals surface area (Å²) in [6.07, 6.45) is 9.27. The molecule has 0 bridgehead atoms. The Morgan fingerprint density at radius 2 is 1.96 bits per heavy atom. The van der Waals surface area contributed by atoms with Gasteiger partial charge >= 0.3 is 0 Å². The summed E-state index contributed by atoms with van der Waals surface area (Å²) in [5, 5.41) is 10.9. The van der Waals surface area contributed by atoms with Gasteiger partial charge in [-0.15, -0.1) is 0 Å². The van der Waals surface area contributed by atoms with Crippen molar-refractivity contribution in [2.45, 2.75) is 44.6 Å². The average Bonchev–Trinajstić information content (AvgIpc) is 3.05. The number of hydrogen-bond donors (Lipinski definition) is 2. The van der Waals surface area contributed by atoms with E-state index in [1.807, 2.05) is 29.1 Å². The highest BCUT2D eigenvalue weighted by Crippen LogP contribution is 2.23. The summed E-state index contributed by atoms with van der Waals surface area (Å²) >= 11 is 0. The van der Waals surface area contributed by atoms with E-state index < -0.39 is 0 Å². The van der Waals surface area contributed by atoms with E-state index in [9.17, 15) is 4.79 Å². The van der Waals surface area contributed by atoms with Gasteiger partial charge in [0.15, 0.2) is 5.69 Å². The third-order valence-corrected chi connectivity index (χ3v) is 5.56. The molecule has 1 atom stereocenters. The second-order valence-electron chi connectivity index (χ2n) is 7.59. The van der Waals surface area contributed by atoms with Crippen molar-refractivity contribution in [2.75, 3.05) is 36.4 Å². The highest BCUT2D eigenvalue weighted by Gasteiger charge is 2.18. The van der Waals surface area contributed by atoms with Crippen molar-refractivity contribution < 1.29 is 4.79 Å². The quantitative estimate of drug-likeness (QED) is 0.869. The number of nitrogens with one attached hydrogen (secondary N) is 2. The number of carbonyl (C=O) groups is 1. The number of amides is 1. The summed E-state index contributed by atoms with van der Waals surface area (Å²) in [6, 6.07) is 10.3. The van der Waals surface area contributed by atoms with Crippen molar-refractivity contribution in [3.05, 3.63) is 42.2 Å². The number of benzene rings is 1. The van der Waals surface area contributed by atoms with Crippen LogP contribution < -0.4 is 15.5 Å². The molecule has 27 heavy (non-hydrogen) atoms. The van der Waals surface area contributed by atoms with Crippen LogP contribution in [0.25, 0.3) is 0 Å². The van der Waals surface area contributed by atoms with Crippen molar-refractivity contribution in [3.63, 3.8) is 0 Å². The molecule has 2 N–H and O–H groups in total. The van der Waals surface area contributed by atoms with Crippen LogP contribution in [0.1, 0.15) is 55.1 Å². The zero-order chi connectivity index (χ0) is 18.5. The molecule has 1 aromatic heterocycles. The number of piperidine rings is 1. The lowest BCUT2D eigenvalue weighted by atomic mass is 10.1. The zero-order valence-corrected chi connectivity index (χ0v) is 15.9. The number of aromatic nitrogens is 2. The summed E-state index contributed by atoms with van der Waals surface area (Å²) in [6.45, 7) is 4.17. The minimum atomic E-state index is -0.148. The Labute approximate surface area is 160 Å². The molecule has 6 nitrogen and oxygen atoms in total. The molecule has 2 aromatic rings. The average molecular weight is 367 g/mol. The van der Waals surface area contributed by atoms with E-state index >= 15 is 0 Å². The highest BCUT2D eigenvalue weighted by atomic mass is 16.1. The maximum atomic E-state index is 12.6. The summed E-state index contributed by atoms with van der Waals surface area (Å²) < 4.78 is 1.93. The van der Waals surface area contributed by atoms with Gasteiger partial charge in [0.05, 0.1) is 6.04 Å². The predicted octanol–water partition coefficient (Wildman–Crippen LogP) is 3.44. The predicted molar refractivity (Wildman–Crippen MR) is 108 cm³/mol. The van der Waals surface area contributed by atoms with Crippen LogP contribution in [0.4, 0.5) is 11.4 Å². The molecule has 2 fully saturated rings. The molecular formula is C21H29N5O. The molecule has 6 heteroatoms. The molecule has 144 valence electrons. The van der Waals surface area contributed by atoms with Crippen LogP contribution in [0.2, 0.25) is 0 Å². The van der Waals surface area contributed by atoms with E-state index in [0.717, 1.165) is 44.7 Å². The van der Waals surface area contributed by atoms with E-state index in [-0.39, 0.29) is 5.91 Å². The van der Waals surface area contributed by atoms with Gasteiger partial charge in [-0.05, 0) is 56.5 Å². The second kappa shape index (κ2) is 8.57. The summed E-state index contributed by atoms with van der Waals surface area (Å²) in [7, 11) is 0. The van der Waals surface area contributed by atoms with Gasteiger partial charge in [0.2, 0.25) is 0 Å². The first-order valence-electron chi connectivity index (χ1n) is 10.2. The normalized spacial score (nSPS) is 20.9. The Kier molecular flexibility index (Phi) is 5.72. The Balaban J connectivity index is 1.42. The van der Waals surface area contributed by atoms with Gasteiger partial charge in [0, 0.05) is 37.2 Å². The van der Waals surface area contributed by atoms with Gasteiger partial charge in [-0.3, -0.25) is 9.48 Å². The fourth-order valence-corrected chi connectivity index (χ4v) is 4.03. The molecule has 0 aliphatic carbocycles. The number of carbonyl (C=O) groups excluding carboxylic acids is 1. The molecule has 2 saturated heterocycles. The molecule has 4 rings (SSSR count). The fourth-order valence-electron chi connectivity index (χ4n) is 4.03. The van der Waals surface area contributed by atoms with Crippen molar-refractivity contribution in [2.24, 2.45) is 0 Å². The SMILES string of the molecule is O=C(Nc1cccc(N2CCCCCC2)c1)c1ccn(C2CCCNC2)n1. The van der Waals surface area contributed by atoms with E-state index in [1.54, 1.807) is 0 Å². The molecule has 3 heterocycles. The van der Waals surface area contributed by atoms with E-state index in [2.05, 4.69) is 32.8 Å². The molecule has 0 spiro atoms. The number of hydrogen-bond acceptors (Lipinski definition) is 4. The van der Waals surface area contributed by atoms with Gasteiger partial charge in [-0.2, -0.15) is 5.10 Å². The number of nitrogens with zero attached hydrogens (tertiary/aromatic N) is 3. The van der Waals surface area contributed by atoms with E-state index in [1.165, 1.54) is 31.4 Å². The number of rotatable bonds is 4. The monoisotopic (exact) mass is 367 g/mol. The van der Waals surface area contributed by atoms with E-state index in [0.29, 0.717) is 11.7 Å². The lowest BCUT2D eigenvalue weighted by molar-refractivity contribution is 0.102. The van der Waals surface area contributed by atoms with Crippen LogP contribution in [0.15, 0.2) is 36.5 Å². The van der Waals surface area contributed by atoms with Crippen molar-refractivity contribution in [1.29, 1.82) is 0 Å². The largest absolute Gasteiger partial charge is 0.371 e. The van der Waals surface area contributed by atoms with Crippen LogP contribution in [-0.4, -0.2) is 41.9 Å². The van der Waals surface area contributed by atoms with Crippen LogP contribution in [0, 0.1) is 0 Å². The van der Waals surface area contributed by atoms with Crippen LogP contribution in [-0.2, 0) is 0 Å². The van der Waals surface area contributed by atoms with Crippen LogP contribution >= 0.6 is 0 Å². The zero-order valence-electron chi connectivity index (χ0n) is 15.9. The van der Waals surface area contributed by atoms with Gasteiger partial charge in [0.25, 0.3) is 5.91 Å². The lowest BCUT2D eigenvalue weighted by Gasteiger charge is -2.23. The summed E-state index contributed by atoms with van der Waals surface area (Å²) in [4.78, 5) is 15.1. The first kappa shape index (κ1) is 18.0. The van der Waals surface area contributed by atoms with Gasteiger partial charge in [0.1, 0.15) is 0 Å². The summed E-state index contributed by atoms with van der Waals surface area (Å²) in [5.74, 6) is -0.148. The maximum Gasteiger partial charge on any atom is 0.276 e. The van der Waals surface area contributed by atoms with Crippen LogP contribution in [0.3, 0.4) is 0 Å². The molecule has 2 aliphatic heterocycles. The first-order chi connectivity index (χ1) is 13.3. The smallest absolute Gasteiger partial charge is 0.276 e. The molecule has 0 saturated carbocycles. The van der Waals surface area contributed by atoms with E-state index in [4.69, 9.17) is 0 Å². The van der Waals surface area contributed by atoms with Crippen molar-refractivity contribution in [3.8, 4) is 0 Å². The number of anilines is 2. The minimum absolute atomic E-state index is 0.148. The second-order valence-corrected chi connectivity index (χ2v) is 7.59. The van der Waals surface area contributed by atoms with Gasteiger partial charge in [-0.25, -0.2) is 0 Å². The Hall–Kier alpha value is -2.34. The molecular weight excluding hydrogens is 338 g/mol. The minimum Gasteiger partial charge on any atom is -0.371 e. The molecule has 1 aromatic carbocycles. The fraction of sp³-hybridized carbons (Fsp3) is 0.524. The Morgan fingerprint density at radius 1 is 1.11 bits per heavy atom. The van der Waals surface area contributed by atoms with Gasteiger partial charge in [-0.1, -0.05) is 18.9 Å². The van der Waals surface area contributed by atoms with Crippen molar-refractivity contribution in [1.82, 2.24) is 15.1 Å². The van der Waals surface area contributed by atoms with Crippen LogP contribution in [0.5, 0.6) is 0 Å². The Bertz CT molecular complexity index is 757. The van der Waals surface area contributed by atoms with Crippen molar-refractivity contribution >= 4 is 17.3 Å². The first-order valence-corrected chi connectivity index (χ1v) is 10.2. The standard InChI is InChI=1S/C21H29N5O/c27-21(20-10-14-26(24-20)19-9-6-11-22-16-19)23-17-7-5-8-18(15-17)25-12-3-1-2-4-13-25/h5,7-8,10,14-15,19,22H,1-4,6,9,11-13,16H2,(H,23,27). The lowest BCUT2D eigenvalue weighted by Crippen LogP contribution is -2.32. The maximum absolute atomic E-state index is 12.6. The Morgan fingerprint density at radius 3 is 2.74 bits per heavy atom. The molecule has 1 unspecified atom stereocenters. The summed E-state index contributed by atoms with van der Waals surface area (Å²) in [5.41, 5.74) is 2.49. The molecule has 2 aliphatic rings. The topological polar surface area (TPSA) is 62.2 Å². The molecule has 1 amide bonds. The molecule has 0 radical (unpaired) electrons. The van der Waals surface area contributed by atoms with Gasteiger partial charge < -0.3 is 15.5 Å².